The minimum atomic E-state index is -0.288. The summed E-state index contributed by atoms with van der Waals surface area (Å²) in [5.74, 6) is -0.288. The zero-order chi connectivity index (χ0) is 8.81. The van der Waals surface area contributed by atoms with Crippen molar-refractivity contribution >= 4 is 5.97 Å². The molecule has 3 heteroatoms. The van der Waals surface area contributed by atoms with Gasteiger partial charge in [-0.25, -0.2) is 0 Å². The Bertz CT molecular complexity index is 246. The molecule has 0 spiro atoms. The molecule has 0 unspecified atom stereocenters. The molecule has 0 aromatic heterocycles. The molecule has 0 fully saturated rings. The summed E-state index contributed by atoms with van der Waals surface area (Å²) in [7, 11) is 0. The third-order valence-corrected chi connectivity index (χ3v) is 1.37. The number of carbonyl (C=O) groups excluding carboxylic acids is 1. The van der Waals surface area contributed by atoms with Crippen molar-refractivity contribution in [1.82, 2.24) is 0 Å². The summed E-state index contributed by atoms with van der Waals surface area (Å²) in [4.78, 5) is 10.9. The molecule has 1 rings (SSSR count). The quantitative estimate of drug-likeness (QED) is 0.324. The van der Waals surface area contributed by atoms with Gasteiger partial charge in [0.25, 0.3) is 5.97 Å². The molecule has 0 aliphatic heterocycles. The van der Waals surface area contributed by atoms with Crippen LogP contribution < -0.4 is 18.9 Å². The average Bonchev–Trinajstić information content (AvgIpc) is 2.06. The molecule has 0 bridgehead atoms. The van der Waals surface area contributed by atoms with E-state index in [9.17, 15) is 4.79 Å². The molecule has 0 aliphatic carbocycles. The monoisotopic (exact) mass is 170 g/mol. The summed E-state index contributed by atoms with van der Waals surface area (Å²) >= 11 is 0. The molecule has 0 saturated heterocycles. The minimum Gasteiger partial charge on any atom is -0.472 e. The summed E-state index contributed by atoms with van der Waals surface area (Å²) in [5.41, 5.74) is 0.871. The summed E-state index contributed by atoms with van der Waals surface area (Å²) in [6.45, 7) is 2.21. The van der Waals surface area contributed by atoms with Crippen molar-refractivity contribution < 1.29 is 28.4 Å². The molecule has 0 radical (unpaired) electrons. The van der Waals surface area contributed by atoms with Crippen LogP contribution in [-0.2, 0) is 9.53 Å². The first-order valence-corrected chi connectivity index (χ1v) is 3.89. The Morgan fingerprint density at radius 3 is 2.54 bits per heavy atom. The Kier molecular flexibility index (Phi) is 6.22. The van der Waals surface area contributed by atoms with E-state index in [-0.39, 0.29) is 24.8 Å². The van der Waals surface area contributed by atoms with Gasteiger partial charge < -0.3 is 4.74 Å². The zero-order valence-corrected chi connectivity index (χ0v) is 7.99. The van der Waals surface area contributed by atoms with Gasteiger partial charge in [0.1, 0.15) is 0 Å². The van der Waals surface area contributed by atoms with Gasteiger partial charge in [0.2, 0.25) is 0 Å². The Balaban J connectivity index is 0.00000144. The molecular formula is C10H11LiO2. The molecule has 0 aliphatic rings. The molecule has 0 atom stereocenters. The largest absolute Gasteiger partial charge is 1.00 e. The first-order valence-electron chi connectivity index (χ1n) is 3.89. The summed E-state index contributed by atoms with van der Waals surface area (Å²) in [6, 6.07) is 9.38. The molecule has 0 N–H and O–H groups in total. The summed E-state index contributed by atoms with van der Waals surface area (Å²) in [5, 5.41) is 0. The van der Waals surface area contributed by atoms with Crippen molar-refractivity contribution in [2.45, 2.75) is 6.92 Å². The van der Waals surface area contributed by atoms with E-state index in [2.05, 4.69) is 0 Å². The molecule has 64 valence electrons. The van der Waals surface area contributed by atoms with Crippen LogP contribution in [0.5, 0.6) is 0 Å². The number of esters is 1. The van der Waals surface area contributed by atoms with Gasteiger partial charge in [-0.3, -0.25) is 4.79 Å². The SMILES string of the molecule is CCOC(=O)[CH-]c1ccccc1.[Li+]. The van der Waals surface area contributed by atoms with Crippen LogP contribution >= 0.6 is 0 Å². The average molecular weight is 170 g/mol. The number of benzene rings is 1. The van der Waals surface area contributed by atoms with E-state index in [1.165, 1.54) is 6.42 Å². The summed E-state index contributed by atoms with van der Waals surface area (Å²) < 4.78 is 4.75. The smallest absolute Gasteiger partial charge is 0.472 e. The van der Waals surface area contributed by atoms with Gasteiger partial charge >= 0.3 is 18.9 Å². The standard InChI is InChI=1S/C10H11O2.Li/c1-2-12-10(11)8-9-6-4-3-5-7-9;/h3-8H,2H2,1H3;/q-1;+1. The fraction of sp³-hybridized carbons (Fsp3) is 0.200. The number of hydrogen-bond acceptors (Lipinski definition) is 2. The van der Waals surface area contributed by atoms with Gasteiger partial charge in [0.15, 0.2) is 0 Å². The first kappa shape index (κ1) is 12.2. The molecule has 13 heavy (non-hydrogen) atoms. The van der Waals surface area contributed by atoms with Crippen molar-refractivity contribution in [3.8, 4) is 0 Å². The van der Waals surface area contributed by atoms with Gasteiger partial charge in [-0.05, 0) is 6.92 Å². The second-order valence-electron chi connectivity index (χ2n) is 2.31. The predicted octanol–water partition coefficient (Wildman–Crippen LogP) is -1.19. The van der Waals surface area contributed by atoms with Crippen LogP contribution in [-0.4, -0.2) is 12.6 Å². The number of ether oxygens (including phenoxy) is 1. The van der Waals surface area contributed by atoms with E-state index in [4.69, 9.17) is 4.74 Å². The number of hydrogen-bond donors (Lipinski definition) is 0. The van der Waals surface area contributed by atoms with Gasteiger partial charge in [-0.1, -0.05) is 12.5 Å². The normalized spacial score (nSPS) is 8.38. The van der Waals surface area contributed by atoms with Crippen molar-refractivity contribution in [2.24, 2.45) is 0 Å². The van der Waals surface area contributed by atoms with Gasteiger partial charge in [-0.2, -0.15) is 17.7 Å². The third-order valence-electron chi connectivity index (χ3n) is 1.37. The maximum atomic E-state index is 10.9. The van der Waals surface area contributed by atoms with Crippen LogP contribution in [0.1, 0.15) is 12.5 Å². The summed E-state index contributed by atoms with van der Waals surface area (Å²) in [6.07, 6.45) is 1.48. The second kappa shape index (κ2) is 6.65. The zero-order valence-electron chi connectivity index (χ0n) is 7.99. The van der Waals surface area contributed by atoms with Crippen molar-refractivity contribution in [1.29, 1.82) is 0 Å². The third kappa shape index (κ3) is 4.67. The van der Waals surface area contributed by atoms with Crippen molar-refractivity contribution in [3.63, 3.8) is 0 Å². The van der Waals surface area contributed by atoms with E-state index in [0.717, 1.165) is 5.56 Å². The fourth-order valence-corrected chi connectivity index (χ4v) is 0.869. The van der Waals surface area contributed by atoms with Crippen molar-refractivity contribution in [2.75, 3.05) is 6.61 Å². The molecule has 2 nitrogen and oxygen atoms in total. The van der Waals surface area contributed by atoms with Crippen LogP contribution in [0.3, 0.4) is 0 Å². The maximum absolute atomic E-state index is 10.9. The van der Waals surface area contributed by atoms with E-state index < -0.39 is 0 Å². The van der Waals surface area contributed by atoms with Gasteiger partial charge in [0, 0.05) is 0 Å². The number of carbonyl (C=O) groups is 1. The molecular weight excluding hydrogens is 159 g/mol. The van der Waals surface area contributed by atoms with Crippen LogP contribution in [0.2, 0.25) is 0 Å². The van der Waals surface area contributed by atoms with E-state index in [1.807, 2.05) is 30.3 Å². The molecule has 1 aromatic rings. The van der Waals surface area contributed by atoms with Gasteiger partial charge in [0.05, 0.1) is 6.61 Å². The molecule has 0 heterocycles. The number of rotatable bonds is 3. The minimum absolute atomic E-state index is 0. The molecule has 1 aromatic carbocycles. The maximum Gasteiger partial charge on any atom is 1.00 e. The van der Waals surface area contributed by atoms with E-state index in [0.29, 0.717) is 6.61 Å². The Hall–Kier alpha value is -0.843. The van der Waals surface area contributed by atoms with E-state index >= 15 is 0 Å². The van der Waals surface area contributed by atoms with Crippen LogP contribution in [0.15, 0.2) is 30.3 Å². The van der Waals surface area contributed by atoms with Gasteiger partial charge in [-0.15, -0.1) is 12.1 Å². The Morgan fingerprint density at radius 2 is 2.00 bits per heavy atom. The molecule has 0 amide bonds. The molecule has 0 saturated carbocycles. The van der Waals surface area contributed by atoms with E-state index in [1.54, 1.807) is 6.92 Å². The topological polar surface area (TPSA) is 26.3 Å². The van der Waals surface area contributed by atoms with Crippen LogP contribution in [0.4, 0.5) is 0 Å². The van der Waals surface area contributed by atoms with Crippen LogP contribution in [0.25, 0.3) is 0 Å². The van der Waals surface area contributed by atoms with Crippen molar-refractivity contribution in [3.05, 3.63) is 42.3 Å². The first-order chi connectivity index (χ1) is 5.83. The second-order valence-corrected chi connectivity index (χ2v) is 2.31. The fourth-order valence-electron chi connectivity index (χ4n) is 0.869. The Labute approximate surface area is 90.5 Å². The van der Waals surface area contributed by atoms with Crippen LogP contribution in [0, 0.1) is 6.42 Å². The Morgan fingerprint density at radius 1 is 1.38 bits per heavy atom. The predicted molar refractivity (Wildman–Crippen MR) is 46.5 cm³/mol.